The number of hydrogen-bond acceptors (Lipinski definition) is 6. The monoisotopic (exact) mass is 467 g/mol. The number of nitrogens with zero attached hydrogens (tertiary/aromatic N) is 3. The highest BCUT2D eigenvalue weighted by molar-refractivity contribution is 6.03. The highest BCUT2D eigenvalue weighted by Crippen LogP contribution is 2.35. The zero-order valence-electron chi connectivity index (χ0n) is 19.6. The van der Waals surface area contributed by atoms with Crippen molar-refractivity contribution in [2.24, 2.45) is 11.0 Å². The Kier molecular flexibility index (Phi) is 7.57. The summed E-state index contributed by atoms with van der Waals surface area (Å²) in [5, 5.41) is 6.05. The van der Waals surface area contributed by atoms with E-state index in [0.717, 1.165) is 18.4 Å². The Balaban J connectivity index is 1.56. The number of carbonyl (C=O) groups is 2. The number of amides is 1. The van der Waals surface area contributed by atoms with Crippen molar-refractivity contribution in [3.8, 4) is 5.75 Å². The molecule has 2 aromatic rings. The molecule has 0 bridgehead atoms. The average molecular weight is 468 g/mol. The third kappa shape index (κ3) is 5.28. The molecule has 180 valence electrons. The van der Waals surface area contributed by atoms with E-state index in [1.807, 2.05) is 29.2 Å². The van der Waals surface area contributed by atoms with Crippen molar-refractivity contribution in [1.29, 1.82) is 0 Å². The van der Waals surface area contributed by atoms with Gasteiger partial charge in [-0.05, 0) is 44.5 Å². The molecule has 7 nitrogen and oxygen atoms in total. The molecule has 2 heterocycles. The maximum absolute atomic E-state index is 14.7. The van der Waals surface area contributed by atoms with E-state index in [2.05, 4.69) is 5.10 Å². The highest BCUT2D eigenvalue weighted by atomic mass is 19.1. The number of carbonyl (C=O) groups excluding carboxylic acids is 2. The molecule has 0 aliphatic carbocycles. The van der Waals surface area contributed by atoms with Gasteiger partial charge in [-0.25, -0.2) is 9.40 Å². The molecule has 0 aromatic heterocycles. The molecule has 0 N–H and O–H groups in total. The molecule has 0 spiro atoms. The number of likely N-dealkylation sites (tertiary alicyclic amines) is 1. The van der Waals surface area contributed by atoms with Gasteiger partial charge >= 0.3 is 5.97 Å². The summed E-state index contributed by atoms with van der Waals surface area (Å²) in [6, 6.07) is 13.4. The van der Waals surface area contributed by atoms with Gasteiger partial charge in [-0.1, -0.05) is 30.3 Å². The molecule has 34 heavy (non-hydrogen) atoms. The van der Waals surface area contributed by atoms with Crippen LogP contribution in [0.15, 0.2) is 53.6 Å². The Morgan fingerprint density at radius 1 is 1.18 bits per heavy atom. The molecule has 1 fully saturated rings. The Morgan fingerprint density at radius 3 is 2.76 bits per heavy atom. The predicted molar refractivity (Wildman–Crippen MR) is 126 cm³/mol. The number of piperidine rings is 1. The lowest BCUT2D eigenvalue weighted by molar-refractivity contribution is -0.150. The van der Waals surface area contributed by atoms with E-state index < -0.39 is 6.04 Å². The molecule has 2 atom stereocenters. The first kappa shape index (κ1) is 23.9. The highest BCUT2D eigenvalue weighted by Gasteiger charge is 2.36. The third-order valence-corrected chi connectivity index (χ3v) is 6.32. The molecule has 2 aliphatic rings. The second-order valence-corrected chi connectivity index (χ2v) is 8.58. The number of ether oxygens (including phenoxy) is 2. The second kappa shape index (κ2) is 10.8. The summed E-state index contributed by atoms with van der Waals surface area (Å²) in [6.45, 7) is 3.42. The van der Waals surface area contributed by atoms with Gasteiger partial charge in [0.2, 0.25) is 0 Å². The van der Waals surface area contributed by atoms with Crippen molar-refractivity contribution in [2.45, 2.75) is 32.2 Å². The van der Waals surface area contributed by atoms with Gasteiger partial charge in [0.25, 0.3) is 5.91 Å². The fourth-order valence-electron chi connectivity index (χ4n) is 4.62. The summed E-state index contributed by atoms with van der Waals surface area (Å²) in [6.07, 6.45) is 1.96. The maximum atomic E-state index is 14.7. The number of hydrazone groups is 1. The summed E-state index contributed by atoms with van der Waals surface area (Å²) in [5.41, 5.74) is 1.96. The van der Waals surface area contributed by atoms with Crippen molar-refractivity contribution in [1.82, 2.24) is 9.91 Å². The molecule has 0 saturated carbocycles. The van der Waals surface area contributed by atoms with Crippen LogP contribution in [-0.4, -0.2) is 60.8 Å². The molecule has 8 heteroatoms. The van der Waals surface area contributed by atoms with Gasteiger partial charge < -0.3 is 9.47 Å². The quantitative estimate of drug-likeness (QED) is 0.580. The van der Waals surface area contributed by atoms with Crippen LogP contribution in [0.5, 0.6) is 5.75 Å². The van der Waals surface area contributed by atoms with Gasteiger partial charge in [-0.15, -0.1) is 0 Å². The number of halogens is 1. The third-order valence-electron chi connectivity index (χ3n) is 6.32. The van der Waals surface area contributed by atoms with E-state index in [-0.39, 0.29) is 30.2 Å². The van der Waals surface area contributed by atoms with E-state index in [1.165, 1.54) is 11.1 Å². The van der Waals surface area contributed by atoms with Crippen LogP contribution in [-0.2, 0) is 14.3 Å². The minimum absolute atomic E-state index is 0.107. The largest absolute Gasteiger partial charge is 0.497 e. The van der Waals surface area contributed by atoms with Crippen molar-refractivity contribution < 1.29 is 23.5 Å². The normalized spacial score (nSPS) is 20.7. The number of rotatable bonds is 7. The fraction of sp³-hybridized carbons (Fsp3) is 0.423. The van der Waals surface area contributed by atoms with Crippen LogP contribution in [0.4, 0.5) is 4.39 Å². The Labute approximate surface area is 199 Å². The summed E-state index contributed by atoms with van der Waals surface area (Å²) in [7, 11) is 1.59. The minimum Gasteiger partial charge on any atom is -0.497 e. The predicted octanol–water partition coefficient (Wildman–Crippen LogP) is 3.79. The molecule has 2 aliphatic heterocycles. The lowest BCUT2D eigenvalue weighted by Gasteiger charge is -2.32. The number of methoxy groups -OCH3 is 1. The zero-order valence-corrected chi connectivity index (χ0v) is 19.6. The lowest BCUT2D eigenvalue weighted by atomic mass is 9.97. The van der Waals surface area contributed by atoms with Crippen molar-refractivity contribution in [3.63, 3.8) is 0 Å². The Bertz CT molecular complexity index is 1070. The van der Waals surface area contributed by atoms with Gasteiger partial charge in [0, 0.05) is 24.1 Å². The standard InChI is InChI=1S/C26H30FN3O4/c1-3-34-26(32)19-9-7-13-29(16-19)17-25(31)30-24(21-11-4-5-12-22(21)27)15-23(28-30)18-8-6-10-20(14-18)33-2/h4-6,8,10-12,14,19,24H,3,7,9,13,15-17H2,1-2H3/t19-,24+/m1/s1. The Hall–Kier alpha value is -3.26. The Morgan fingerprint density at radius 2 is 2.00 bits per heavy atom. The maximum Gasteiger partial charge on any atom is 0.310 e. The van der Waals surface area contributed by atoms with Gasteiger partial charge in [0.05, 0.1) is 37.9 Å². The second-order valence-electron chi connectivity index (χ2n) is 8.58. The van der Waals surface area contributed by atoms with Crippen LogP contribution in [0.1, 0.15) is 43.4 Å². The number of hydrogen-bond donors (Lipinski definition) is 0. The van der Waals surface area contributed by atoms with E-state index >= 15 is 0 Å². The summed E-state index contributed by atoms with van der Waals surface area (Å²) >= 11 is 0. The summed E-state index contributed by atoms with van der Waals surface area (Å²) in [5.74, 6) is -0.365. The van der Waals surface area contributed by atoms with E-state index in [0.29, 0.717) is 43.1 Å². The van der Waals surface area contributed by atoms with Gasteiger partial charge in [0.1, 0.15) is 11.6 Å². The lowest BCUT2D eigenvalue weighted by Crippen LogP contribution is -2.45. The first-order chi connectivity index (χ1) is 16.5. The topological polar surface area (TPSA) is 71.4 Å². The van der Waals surface area contributed by atoms with E-state index in [1.54, 1.807) is 32.2 Å². The zero-order chi connectivity index (χ0) is 24.1. The average Bonchev–Trinajstić information content (AvgIpc) is 3.30. The molecule has 1 saturated heterocycles. The molecular formula is C26H30FN3O4. The van der Waals surface area contributed by atoms with Crippen LogP contribution < -0.4 is 4.74 Å². The van der Waals surface area contributed by atoms with Crippen molar-refractivity contribution in [3.05, 3.63) is 65.5 Å². The first-order valence-electron chi connectivity index (χ1n) is 11.7. The van der Waals surface area contributed by atoms with Crippen LogP contribution >= 0.6 is 0 Å². The smallest absolute Gasteiger partial charge is 0.310 e. The number of benzene rings is 2. The van der Waals surface area contributed by atoms with Gasteiger partial charge in [0.15, 0.2) is 0 Å². The van der Waals surface area contributed by atoms with Crippen LogP contribution in [0.25, 0.3) is 0 Å². The summed E-state index contributed by atoms with van der Waals surface area (Å²) < 4.78 is 25.2. The van der Waals surface area contributed by atoms with E-state index in [4.69, 9.17) is 9.47 Å². The van der Waals surface area contributed by atoms with Crippen LogP contribution in [0.2, 0.25) is 0 Å². The molecule has 2 aromatic carbocycles. The van der Waals surface area contributed by atoms with Crippen molar-refractivity contribution >= 4 is 17.6 Å². The molecule has 0 unspecified atom stereocenters. The minimum atomic E-state index is -0.541. The summed E-state index contributed by atoms with van der Waals surface area (Å²) in [4.78, 5) is 27.6. The first-order valence-corrected chi connectivity index (χ1v) is 11.7. The molecule has 1 amide bonds. The number of esters is 1. The van der Waals surface area contributed by atoms with E-state index in [9.17, 15) is 14.0 Å². The van der Waals surface area contributed by atoms with Gasteiger partial charge in [-0.2, -0.15) is 5.10 Å². The van der Waals surface area contributed by atoms with Gasteiger partial charge in [-0.3, -0.25) is 14.5 Å². The van der Waals surface area contributed by atoms with Crippen molar-refractivity contribution in [2.75, 3.05) is 33.4 Å². The molecule has 4 rings (SSSR count). The van der Waals surface area contributed by atoms with Crippen LogP contribution in [0.3, 0.4) is 0 Å². The SMILES string of the molecule is CCOC(=O)[C@@H]1CCCN(CC(=O)N2N=C(c3cccc(OC)c3)C[C@H]2c2ccccc2F)C1. The van der Waals surface area contributed by atoms with Crippen LogP contribution in [0, 0.1) is 11.7 Å². The molecular weight excluding hydrogens is 437 g/mol. The fourth-order valence-corrected chi connectivity index (χ4v) is 4.62. The molecule has 0 radical (unpaired) electrons.